The average Bonchev–Trinajstić information content (AvgIpc) is 1.52. The molecule has 0 radical (unpaired) electrons. The SMILES string of the molecule is [C-]#[N+]c1cccc(-c2nc(-n3c4ccccc4c4c5c6cc7ccccc7cc6n6c7ccccc7c(cc43)c56)nc3cccnc23)c1.[C-]#[N+]c1cccc(-c2nc(-n3c4ccccc4c4c5c6cc7ccccc7cc6n6c7ccccc7c(cc43)c56)nc3ncccc23)c1.c1ccc(-n2c3ccccc3c3c(-n4c5ccccc5c5c6c7cc8ccccc8cc7n7c8ccccc8c(cc54)c67)cncc32)cc1. The Morgan fingerprint density at radius 1 is 0.221 bits per heavy atom. The molecule has 0 aliphatic rings. The third-order valence-corrected chi connectivity index (χ3v) is 30.5. The zero-order valence-electron chi connectivity index (χ0n) is 77.1. The van der Waals surface area contributed by atoms with Gasteiger partial charge in [0.25, 0.3) is 0 Å². The van der Waals surface area contributed by atoms with E-state index in [1.165, 1.54) is 195 Å². The lowest BCUT2D eigenvalue weighted by Gasteiger charge is -2.11. The van der Waals surface area contributed by atoms with Gasteiger partial charge in [0.1, 0.15) is 11.2 Å². The molecule has 666 valence electrons. The van der Waals surface area contributed by atoms with Gasteiger partial charge in [-0.2, -0.15) is 4.98 Å². The lowest BCUT2D eigenvalue weighted by Crippen LogP contribution is -2.04. The molecule has 16 heteroatoms. The first-order chi connectivity index (χ1) is 71.9. The molecule has 16 nitrogen and oxygen atoms in total. The minimum atomic E-state index is 0.544. The molecule has 0 bridgehead atoms. The zero-order chi connectivity index (χ0) is 94.8. The Balaban J connectivity index is 0.0000000971. The monoisotopic (exact) mass is 1840 g/mol. The third kappa shape index (κ3) is 10.9. The number of hydrogen-bond acceptors (Lipinski definition) is 7. The Morgan fingerprint density at radius 2 is 0.593 bits per heavy atom. The number of fused-ring (bicyclic) bond motifs is 38. The van der Waals surface area contributed by atoms with Crippen LogP contribution >= 0.6 is 0 Å². The molecule has 0 aliphatic carbocycles. The quantitative estimate of drug-likeness (QED) is 0.151. The van der Waals surface area contributed by atoms with Crippen molar-refractivity contribution in [2.75, 3.05) is 0 Å². The summed E-state index contributed by atoms with van der Waals surface area (Å²) < 4.78 is 16.6. The second kappa shape index (κ2) is 29.6. The van der Waals surface area contributed by atoms with Crippen molar-refractivity contribution in [2.45, 2.75) is 0 Å². The van der Waals surface area contributed by atoms with E-state index in [0.717, 1.165) is 77.5 Å². The van der Waals surface area contributed by atoms with Crippen LogP contribution in [0.5, 0.6) is 0 Å². The number of pyridine rings is 3. The largest absolute Gasteiger partial charge is 0.308 e. The van der Waals surface area contributed by atoms with Crippen LogP contribution in [0, 0.1) is 13.1 Å². The lowest BCUT2D eigenvalue weighted by atomic mass is 10.0. The van der Waals surface area contributed by atoms with Crippen LogP contribution in [0.4, 0.5) is 11.4 Å². The van der Waals surface area contributed by atoms with E-state index in [1.54, 1.807) is 12.4 Å². The standard InChI is InChI=1S/C45H26N4.2C42H22N6/c1-2-14-29(15-3-1)47-36-20-10-7-17-31(36)42-40(47)25-46-26-41(42)48-37-21-11-8-18-32(37)43-39(48)24-33-30-16-6-9-19-35(30)49-38-23-28-13-5-4-12-27(28)22-34(38)44(43)45(33)49;1-43-27-13-8-12-26(20-27)39-40-32(16-9-19-44-40)45-42(46-39)48-34-18-7-5-15-29(34)37-36(48)23-30-28-14-4-6-17-33(28)47-35-22-25-11-3-2-10-24(25)21-31(35)38(37)41(30)47;1-43-27-13-8-12-26(20-27)39-30-16-9-19-44-41(30)46-42(45-39)48-34-18-7-5-15-29(34)37-36(48)23-31-28-14-4-6-17-33(28)47-35-22-25-11-3-2-10-24(25)21-32(35)38(37)40(31)47/h1-26H;2*2-23H. The van der Waals surface area contributed by atoms with Crippen molar-refractivity contribution in [3.05, 3.63) is 448 Å². The number of nitrogens with zero attached hydrogens (tertiary/aromatic N) is 16. The summed E-state index contributed by atoms with van der Waals surface area (Å²) in [6, 6.07) is 142. The minimum absolute atomic E-state index is 0.544. The summed E-state index contributed by atoms with van der Waals surface area (Å²) >= 11 is 0. The van der Waals surface area contributed by atoms with Crippen molar-refractivity contribution in [3.8, 4) is 45.8 Å². The van der Waals surface area contributed by atoms with Crippen LogP contribution < -0.4 is 0 Å². The highest BCUT2D eigenvalue weighted by Crippen LogP contribution is 2.54. The molecule has 0 aliphatic heterocycles. The molecular weight excluding hydrogens is 1770 g/mol. The van der Waals surface area contributed by atoms with Gasteiger partial charge in [-0.05, 0) is 189 Å². The predicted octanol–water partition coefficient (Wildman–Crippen LogP) is 32.9. The van der Waals surface area contributed by atoms with Gasteiger partial charge >= 0.3 is 0 Å². The second-order valence-electron chi connectivity index (χ2n) is 37.9. The van der Waals surface area contributed by atoms with E-state index in [0.29, 0.717) is 40.1 Å². The number of rotatable bonds is 6. The van der Waals surface area contributed by atoms with Crippen molar-refractivity contribution in [2.24, 2.45) is 0 Å². The van der Waals surface area contributed by atoms with E-state index in [2.05, 4.69) is 375 Å². The number of aromatic nitrogens is 14. The summed E-state index contributed by atoms with van der Waals surface area (Å²) in [5, 5.41) is 32.7. The maximum Gasteiger partial charge on any atom is 0.237 e. The van der Waals surface area contributed by atoms with Crippen molar-refractivity contribution in [3.63, 3.8) is 0 Å². The van der Waals surface area contributed by atoms with Crippen LogP contribution in [0.1, 0.15) is 0 Å². The van der Waals surface area contributed by atoms with Crippen LogP contribution in [0.15, 0.2) is 425 Å². The fraction of sp³-hybridized carbons (Fsp3) is 0. The molecule has 0 atom stereocenters. The molecular formula is C129H70N16. The maximum atomic E-state index is 7.63. The first kappa shape index (κ1) is 78.7. The molecule has 15 heterocycles. The maximum absolute atomic E-state index is 7.63. The van der Waals surface area contributed by atoms with Gasteiger partial charge in [0.2, 0.25) is 11.9 Å². The highest BCUT2D eigenvalue weighted by atomic mass is 15.2. The highest BCUT2D eigenvalue weighted by molar-refractivity contribution is 6.40. The molecule has 19 aromatic carbocycles. The zero-order valence-corrected chi connectivity index (χ0v) is 77.1. The fourth-order valence-electron chi connectivity index (χ4n) is 24.7. The van der Waals surface area contributed by atoms with Gasteiger partial charge in [-0.1, -0.05) is 255 Å². The third-order valence-electron chi connectivity index (χ3n) is 30.5. The molecule has 0 amide bonds. The molecule has 0 N–H and O–H groups in total. The van der Waals surface area contributed by atoms with Gasteiger partial charge in [-0.25, -0.2) is 29.6 Å². The van der Waals surface area contributed by atoms with E-state index in [9.17, 15) is 0 Å². The van der Waals surface area contributed by atoms with Crippen molar-refractivity contribution in [1.82, 2.24) is 66.4 Å². The lowest BCUT2D eigenvalue weighted by molar-refractivity contribution is 1.01. The second-order valence-corrected chi connectivity index (χ2v) is 37.9. The molecule has 145 heavy (non-hydrogen) atoms. The van der Waals surface area contributed by atoms with Crippen LogP contribution in [0.3, 0.4) is 0 Å². The van der Waals surface area contributed by atoms with Crippen LogP contribution in [-0.4, -0.2) is 66.4 Å². The summed E-state index contributed by atoms with van der Waals surface area (Å²) in [5.74, 6) is 1.11. The minimum Gasteiger partial charge on any atom is -0.308 e. The van der Waals surface area contributed by atoms with Crippen LogP contribution in [0.2, 0.25) is 0 Å². The van der Waals surface area contributed by atoms with Crippen molar-refractivity contribution >= 4 is 267 Å². The molecule has 0 unspecified atom stereocenters. The average molecular weight is 1840 g/mol. The summed E-state index contributed by atoms with van der Waals surface area (Å²) in [4.78, 5) is 42.5. The molecule has 0 saturated carbocycles. The number of hydrogen-bond donors (Lipinski definition) is 0. The summed E-state index contributed by atoms with van der Waals surface area (Å²) in [7, 11) is 0. The number of para-hydroxylation sites is 8. The van der Waals surface area contributed by atoms with E-state index in [1.807, 2.05) is 79.0 Å². The van der Waals surface area contributed by atoms with Crippen LogP contribution in [0.25, 0.3) is 311 Å². The fourth-order valence-corrected chi connectivity index (χ4v) is 24.7. The summed E-state index contributed by atoms with van der Waals surface area (Å²) in [6.07, 6.45) is 7.62. The van der Waals surface area contributed by atoms with Gasteiger partial charge in [0.05, 0.1) is 136 Å². The number of benzene rings is 19. The first-order valence-corrected chi connectivity index (χ1v) is 48.6. The van der Waals surface area contributed by atoms with Gasteiger partial charge in [-0.15, -0.1) is 0 Å². The highest BCUT2D eigenvalue weighted by Gasteiger charge is 2.32. The Kier molecular flexibility index (Phi) is 16.1. The smallest absolute Gasteiger partial charge is 0.237 e. The Bertz CT molecular complexity index is 11400. The molecule has 34 aromatic rings. The normalized spacial score (nSPS) is 12.3. The topological polar surface area (TPSA) is 132 Å². The van der Waals surface area contributed by atoms with E-state index >= 15 is 0 Å². The van der Waals surface area contributed by atoms with E-state index in [4.69, 9.17) is 48.0 Å². The van der Waals surface area contributed by atoms with E-state index in [-0.39, 0.29) is 0 Å². The summed E-state index contributed by atoms with van der Waals surface area (Å²) in [5.41, 5.74) is 28.3. The molecule has 0 fully saturated rings. The van der Waals surface area contributed by atoms with Gasteiger partial charge < -0.3 is 22.3 Å². The molecule has 15 aromatic heterocycles. The summed E-state index contributed by atoms with van der Waals surface area (Å²) in [6.45, 7) is 15.2. The van der Waals surface area contributed by atoms with Gasteiger partial charge in [-0.3, -0.25) is 19.1 Å². The van der Waals surface area contributed by atoms with Crippen molar-refractivity contribution < 1.29 is 0 Å². The Labute approximate surface area is 821 Å². The molecule has 0 saturated heterocycles. The van der Waals surface area contributed by atoms with E-state index < -0.39 is 0 Å². The Hall–Kier alpha value is -20.3. The Morgan fingerprint density at radius 3 is 1.07 bits per heavy atom. The van der Waals surface area contributed by atoms with Gasteiger partial charge in [0.15, 0.2) is 17.0 Å². The van der Waals surface area contributed by atoms with Crippen LogP contribution in [-0.2, 0) is 0 Å². The predicted molar refractivity (Wildman–Crippen MR) is 596 cm³/mol. The van der Waals surface area contributed by atoms with Crippen molar-refractivity contribution in [1.29, 1.82) is 0 Å². The molecule has 0 spiro atoms. The van der Waals surface area contributed by atoms with Gasteiger partial charge in [0, 0.05) is 131 Å². The first-order valence-electron chi connectivity index (χ1n) is 48.6. The molecule has 34 rings (SSSR count).